The molecule has 2 aromatic rings. The molecule has 144 valence electrons. The zero-order valence-corrected chi connectivity index (χ0v) is 15.7. The maximum Gasteiger partial charge on any atom is 0.338 e. The van der Waals surface area contributed by atoms with Crippen molar-refractivity contribution in [2.45, 2.75) is 13.0 Å². The Labute approximate surface area is 156 Å². The molecule has 1 atom stereocenters. The third-order valence-corrected chi connectivity index (χ3v) is 4.12. The quantitative estimate of drug-likeness (QED) is 0.572. The van der Waals surface area contributed by atoms with Gasteiger partial charge >= 0.3 is 5.97 Å². The number of hydrogen-bond acceptors (Lipinski definition) is 6. The number of ether oxygens (including phenoxy) is 2. The van der Waals surface area contributed by atoms with E-state index in [2.05, 4.69) is 4.72 Å². The summed E-state index contributed by atoms with van der Waals surface area (Å²) in [5, 5.41) is 0. The molecular formula is C18H18FNO6S. The topological polar surface area (TPSA) is 98.8 Å². The Bertz CT molecular complexity index is 956. The van der Waals surface area contributed by atoms with Gasteiger partial charge < -0.3 is 9.47 Å². The number of esters is 1. The van der Waals surface area contributed by atoms with Gasteiger partial charge in [0, 0.05) is 11.3 Å². The predicted molar refractivity (Wildman–Crippen MR) is 97.1 cm³/mol. The van der Waals surface area contributed by atoms with Gasteiger partial charge in [-0.2, -0.15) is 0 Å². The lowest BCUT2D eigenvalue weighted by molar-refractivity contribution is 0.0318. The fraction of sp³-hybridized carbons (Fsp3) is 0.222. The molecule has 27 heavy (non-hydrogen) atoms. The molecule has 2 aromatic carbocycles. The van der Waals surface area contributed by atoms with Crippen LogP contribution in [-0.2, 0) is 14.8 Å². The highest BCUT2D eigenvalue weighted by molar-refractivity contribution is 7.92. The number of anilines is 1. The molecule has 0 heterocycles. The van der Waals surface area contributed by atoms with Crippen LogP contribution in [-0.4, -0.2) is 39.6 Å². The number of rotatable bonds is 7. The Morgan fingerprint density at radius 2 is 1.67 bits per heavy atom. The van der Waals surface area contributed by atoms with Crippen LogP contribution in [0.15, 0.2) is 42.5 Å². The number of benzene rings is 2. The van der Waals surface area contributed by atoms with Crippen LogP contribution in [0.5, 0.6) is 5.75 Å². The molecule has 0 aromatic heterocycles. The fourth-order valence-electron chi connectivity index (χ4n) is 2.23. The monoisotopic (exact) mass is 395 g/mol. The van der Waals surface area contributed by atoms with Crippen LogP contribution in [0, 0.1) is 5.82 Å². The fourth-order valence-corrected chi connectivity index (χ4v) is 2.79. The Balaban J connectivity index is 2.06. The maximum absolute atomic E-state index is 13.7. The summed E-state index contributed by atoms with van der Waals surface area (Å²) in [6, 6.07) is 9.23. The minimum atomic E-state index is -3.43. The molecule has 0 unspecified atom stereocenters. The summed E-state index contributed by atoms with van der Waals surface area (Å²) >= 11 is 0. The molecular weight excluding hydrogens is 377 g/mol. The normalized spacial score (nSPS) is 12.1. The smallest absolute Gasteiger partial charge is 0.338 e. The Kier molecular flexibility index (Phi) is 6.17. The second-order valence-corrected chi connectivity index (χ2v) is 7.46. The first kappa shape index (κ1) is 20.4. The van der Waals surface area contributed by atoms with Crippen molar-refractivity contribution in [3.05, 3.63) is 59.4 Å². The minimum absolute atomic E-state index is 0.0153. The van der Waals surface area contributed by atoms with E-state index < -0.39 is 33.7 Å². The lowest BCUT2D eigenvalue weighted by Crippen LogP contribution is -2.24. The first-order valence-corrected chi connectivity index (χ1v) is 9.66. The van der Waals surface area contributed by atoms with Crippen molar-refractivity contribution in [1.82, 2.24) is 0 Å². The summed E-state index contributed by atoms with van der Waals surface area (Å²) in [5.74, 6) is -2.07. The number of hydrogen-bond donors (Lipinski definition) is 1. The highest BCUT2D eigenvalue weighted by Crippen LogP contribution is 2.19. The highest BCUT2D eigenvalue weighted by atomic mass is 32.2. The van der Waals surface area contributed by atoms with Gasteiger partial charge in [-0.1, -0.05) is 0 Å². The highest BCUT2D eigenvalue weighted by Gasteiger charge is 2.21. The number of sulfonamides is 1. The van der Waals surface area contributed by atoms with E-state index in [1.54, 1.807) is 0 Å². The summed E-state index contributed by atoms with van der Waals surface area (Å²) in [7, 11) is -2.13. The summed E-state index contributed by atoms with van der Waals surface area (Å²) in [5.41, 5.74) is 0.475. The Morgan fingerprint density at radius 1 is 1.07 bits per heavy atom. The second kappa shape index (κ2) is 8.17. The molecule has 0 radical (unpaired) electrons. The third kappa shape index (κ3) is 5.52. The molecule has 0 aliphatic heterocycles. The average molecular weight is 395 g/mol. The van der Waals surface area contributed by atoms with Crippen molar-refractivity contribution in [2.24, 2.45) is 0 Å². The molecule has 0 spiro atoms. The zero-order valence-electron chi connectivity index (χ0n) is 14.9. The van der Waals surface area contributed by atoms with Crippen molar-refractivity contribution in [1.29, 1.82) is 0 Å². The molecule has 9 heteroatoms. The van der Waals surface area contributed by atoms with E-state index in [0.717, 1.165) is 12.3 Å². The SMILES string of the molecule is COc1ccc(C(=O)O[C@@H](C)C(=O)c2ccc(NS(C)(=O)=O)cc2)cc1F. The number of carbonyl (C=O) groups is 2. The van der Waals surface area contributed by atoms with Crippen LogP contribution < -0.4 is 9.46 Å². The molecule has 0 aliphatic rings. The average Bonchev–Trinajstić information content (AvgIpc) is 2.60. The lowest BCUT2D eigenvalue weighted by atomic mass is 10.1. The van der Waals surface area contributed by atoms with Crippen LogP contribution in [0.2, 0.25) is 0 Å². The van der Waals surface area contributed by atoms with Gasteiger partial charge in [0.1, 0.15) is 0 Å². The van der Waals surface area contributed by atoms with Gasteiger partial charge in [0.2, 0.25) is 15.8 Å². The molecule has 0 saturated heterocycles. The standard InChI is InChI=1S/C18H18FNO6S/c1-11(26-18(22)13-6-9-16(25-2)15(19)10-13)17(21)12-4-7-14(8-5-12)20-27(3,23)24/h4-11,20H,1-3H3/t11-/m0/s1. The number of methoxy groups -OCH3 is 1. The number of halogens is 1. The summed E-state index contributed by atoms with van der Waals surface area (Å²) in [6.45, 7) is 1.39. The molecule has 0 fully saturated rings. The van der Waals surface area contributed by atoms with Crippen LogP contribution >= 0.6 is 0 Å². The van der Waals surface area contributed by atoms with Crippen molar-refractivity contribution >= 4 is 27.5 Å². The van der Waals surface area contributed by atoms with Crippen LogP contribution in [0.1, 0.15) is 27.6 Å². The van der Waals surface area contributed by atoms with Crippen molar-refractivity contribution < 1.29 is 31.9 Å². The number of Topliss-reactive ketones (excluding diaryl/α,β-unsaturated/α-hetero) is 1. The van der Waals surface area contributed by atoms with E-state index in [1.807, 2.05) is 0 Å². The molecule has 0 amide bonds. The lowest BCUT2D eigenvalue weighted by Gasteiger charge is -2.13. The van der Waals surface area contributed by atoms with Gasteiger partial charge in [-0.15, -0.1) is 0 Å². The predicted octanol–water partition coefficient (Wildman–Crippen LogP) is 2.63. The van der Waals surface area contributed by atoms with E-state index in [0.29, 0.717) is 5.69 Å². The zero-order chi connectivity index (χ0) is 20.2. The number of carbonyl (C=O) groups excluding carboxylic acids is 2. The van der Waals surface area contributed by atoms with Crippen molar-refractivity contribution in [2.75, 3.05) is 18.1 Å². The van der Waals surface area contributed by atoms with Crippen molar-refractivity contribution in [3.63, 3.8) is 0 Å². The molecule has 0 bridgehead atoms. The Hall–Kier alpha value is -2.94. The molecule has 2 rings (SSSR count). The maximum atomic E-state index is 13.7. The summed E-state index contributed by atoms with van der Waals surface area (Å²) in [6.07, 6.45) is -0.105. The van der Waals surface area contributed by atoms with Gasteiger partial charge in [0.05, 0.1) is 18.9 Å². The van der Waals surface area contributed by atoms with E-state index in [9.17, 15) is 22.4 Å². The summed E-state index contributed by atoms with van der Waals surface area (Å²) in [4.78, 5) is 24.5. The molecule has 0 saturated carbocycles. The second-order valence-electron chi connectivity index (χ2n) is 5.71. The third-order valence-electron chi connectivity index (χ3n) is 3.51. The first-order chi connectivity index (χ1) is 12.6. The van der Waals surface area contributed by atoms with E-state index in [-0.39, 0.29) is 16.9 Å². The van der Waals surface area contributed by atoms with Gasteiger partial charge in [-0.05, 0) is 49.4 Å². The van der Waals surface area contributed by atoms with Crippen LogP contribution in [0.3, 0.4) is 0 Å². The van der Waals surface area contributed by atoms with E-state index in [1.165, 1.54) is 50.4 Å². The first-order valence-electron chi connectivity index (χ1n) is 7.77. The van der Waals surface area contributed by atoms with E-state index in [4.69, 9.17) is 9.47 Å². The largest absolute Gasteiger partial charge is 0.494 e. The van der Waals surface area contributed by atoms with Gasteiger partial charge in [0.25, 0.3) is 0 Å². The minimum Gasteiger partial charge on any atom is -0.494 e. The molecule has 1 N–H and O–H groups in total. The van der Waals surface area contributed by atoms with Crippen molar-refractivity contribution in [3.8, 4) is 5.75 Å². The summed E-state index contributed by atoms with van der Waals surface area (Å²) < 4.78 is 48.2. The number of ketones is 1. The van der Waals surface area contributed by atoms with Gasteiger partial charge in [-0.3, -0.25) is 9.52 Å². The van der Waals surface area contributed by atoms with Crippen LogP contribution in [0.4, 0.5) is 10.1 Å². The molecule has 7 nitrogen and oxygen atoms in total. The number of nitrogens with one attached hydrogen (secondary N) is 1. The van der Waals surface area contributed by atoms with Crippen LogP contribution in [0.25, 0.3) is 0 Å². The van der Waals surface area contributed by atoms with Gasteiger partial charge in [0.15, 0.2) is 17.7 Å². The van der Waals surface area contributed by atoms with E-state index >= 15 is 0 Å². The van der Waals surface area contributed by atoms with Gasteiger partial charge in [-0.25, -0.2) is 17.6 Å². The molecule has 0 aliphatic carbocycles. The Morgan fingerprint density at radius 3 is 2.19 bits per heavy atom.